The molecule has 1 aromatic heterocycles. The van der Waals surface area contributed by atoms with Gasteiger partial charge in [-0.3, -0.25) is 9.48 Å². The summed E-state index contributed by atoms with van der Waals surface area (Å²) in [5, 5.41) is 8.77. The first-order chi connectivity index (χ1) is 9.40. The Hall–Kier alpha value is -2.12. The maximum atomic E-state index is 12.9. The average molecular weight is 288 g/mol. The van der Waals surface area contributed by atoms with Crippen molar-refractivity contribution in [3.63, 3.8) is 0 Å². The lowest BCUT2D eigenvalue weighted by molar-refractivity contribution is -0.113. The van der Waals surface area contributed by atoms with Crippen LogP contribution < -0.4 is 10.6 Å². The first-order valence-corrected chi connectivity index (χ1v) is 6.00. The summed E-state index contributed by atoms with van der Waals surface area (Å²) in [5.41, 5.74) is -0.360. The van der Waals surface area contributed by atoms with Crippen LogP contribution in [0.3, 0.4) is 0 Å². The molecule has 8 heteroatoms. The fraction of sp³-hybridized carbons (Fsp3) is 0.500. The van der Waals surface area contributed by atoms with Crippen molar-refractivity contribution in [2.75, 3.05) is 19.5 Å². The van der Waals surface area contributed by atoms with Gasteiger partial charge in [0.05, 0.1) is 12.8 Å². The van der Waals surface area contributed by atoms with Crippen molar-refractivity contribution in [1.82, 2.24) is 15.1 Å². The van der Waals surface area contributed by atoms with Gasteiger partial charge in [-0.2, -0.15) is 5.10 Å². The van der Waals surface area contributed by atoms with Crippen LogP contribution in [0, 0.1) is 0 Å². The summed E-state index contributed by atoms with van der Waals surface area (Å²) in [5.74, 6) is -0.584. The average Bonchev–Trinajstić information content (AvgIpc) is 2.80. The minimum atomic E-state index is -2.77. The van der Waals surface area contributed by atoms with Crippen LogP contribution in [0.4, 0.5) is 14.5 Å². The molecule has 0 radical (unpaired) electrons. The van der Waals surface area contributed by atoms with E-state index in [-0.39, 0.29) is 17.4 Å². The van der Waals surface area contributed by atoms with E-state index in [2.05, 4.69) is 15.7 Å². The Bertz CT molecular complexity index is 498. The van der Waals surface area contributed by atoms with Crippen LogP contribution >= 0.6 is 0 Å². The summed E-state index contributed by atoms with van der Waals surface area (Å²) >= 11 is 0. The number of anilines is 1. The summed E-state index contributed by atoms with van der Waals surface area (Å²) < 4.78 is 31.9. The van der Waals surface area contributed by atoms with Crippen LogP contribution in [0.2, 0.25) is 0 Å². The van der Waals surface area contributed by atoms with Gasteiger partial charge in [-0.05, 0) is 13.8 Å². The molecule has 0 aliphatic carbocycles. The molecule has 1 heterocycles. The van der Waals surface area contributed by atoms with Gasteiger partial charge in [0.15, 0.2) is 5.69 Å². The SMILES string of the molecule is CN/C(=C\OC)C(=O)Nc1cn(C(C)C)nc1C(F)F. The zero-order valence-corrected chi connectivity index (χ0v) is 11.8. The van der Waals surface area contributed by atoms with E-state index in [0.717, 1.165) is 0 Å². The number of alkyl halides is 2. The Labute approximate surface area is 115 Å². The normalized spacial score (nSPS) is 11.9. The first-order valence-electron chi connectivity index (χ1n) is 6.00. The molecule has 112 valence electrons. The molecule has 1 amide bonds. The number of halogens is 2. The number of hydrogen-bond acceptors (Lipinski definition) is 4. The Morgan fingerprint density at radius 1 is 1.50 bits per heavy atom. The third kappa shape index (κ3) is 3.69. The van der Waals surface area contributed by atoms with Crippen molar-refractivity contribution in [3.8, 4) is 0 Å². The third-order valence-electron chi connectivity index (χ3n) is 2.49. The molecule has 1 aromatic rings. The second kappa shape index (κ2) is 6.88. The van der Waals surface area contributed by atoms with E-state index >= 15 is 0 Å². The lowest BCUT2D eigenvalue weighted by Crippen LogP contribution is -2.23. The molecule has 0 fully saturated rings. The Kier molecular flexibility index (Phi) is 5.48. The number of aromatic nitrogens is 2. The largest absolute Gasteiger partial charge is 0.502 e. The second-order valence-corrected chi connectivity index (χ2v) is 4.27. The number of likely N-dealkylation sites (N-methyl/N-ethyl adjacent to an activating group) is 1. The molecule has 0 saturated heterocycles. The zero-order valence-electron chi connectivity index (χ0n) is 11.8. The van der Waals surface area contributed by atoms with E-state index in [0.29, 0.717) is 0 Å². The molecule has 0 aliphatic rings. The summed E-state index contributed by atoms with van der Waals surface area (Å²) in [6.07, 6.45) is -0.205. The van der Waals surface area contributed by atoms with Crippen molar-refractivity contribution in [3.05, 3.63) is 23.8 Å². The van der Waals surface area contributed by atoms with Crippen molar-refractivity contribution < 1.29 is 18.3 Å². The highest BCUT2D eigenvalue weighted by atomic mass is 19.3. The van der Waals surface area contributed by atoms with Crippen LogP contribution in [0.25, 0.3) is 0 Å². The number of ether oxygens (including phenoxy) is 1. The van der Waals surface area contributed by atoms with Gasteiger partial charge in [0.25, 0.3) is 12.3 Å². The van der Waals surface area contributed by atoms with Crippen molar-refractivity contribution in [2.45, 2.75) is 26.3 Å². The summed E-state index contributed by atoms with van der Waals surface area (Å²) in [6, 6.07) is -0.0866. The fourth-order valence-corrected chi connectivity index (χ4v) is 1.46. The molecule has 0 bridgehead atoms. The standard InChI is InChI=1S/C12H18F2N4O2/c1-7(2)18-5-8(10(17-18)11(13)14)16-12(19)9(15-3)6-20-4/h5-7,11,15H,1-4H3,(H,16,19)/b9-6-. The molecule has 6 nitrogen and oxygen atoms in total. The summed E-state index contributed by atoms with van der Waals surface area (Å²) in [6.45, 7) is 3.61. The lowest BCUT2D eigenvalue weighted by Gasteiger charge is -2.07. The van der Waals surface area contributed by atoms with Gasteiger partial charge in [0.1, 0.15) is 12.0 Å². The number of carbonyl (C=O) groups excluding carboxylic acids is 1. The Morgan fingerprint density at radius 3 is 2.60 bits per heavy atom. The first kappa shape index (κ1) is 15.9. The van der Waals surface area contributed by atoms with E-state index in [1.54, 1.807) is 13.8 Å². The van der Waals surface area contributed by atoms with Crippen LogP contribution in [-0.2, 0) is 9.53 Å². The van der Waals surface area contributed by atoms with Gasteiger partial charge >= 0.3 is 0 Å². The maximum Gasteiger partial charge on any atom is 0.284 e. The predicted molar refractivity (Wildman–Crippen MR) is 70.4 cm³/mol. The minimum absolute atomic E-state index is 0.0176. The van der Waals surface area contributed by atoms with E-state index < -0.39 is 18.0 Å². The number of amides is 1. The van der Waals surface area contributed by atoms with Crippen LogP contribution in [0.5, 0.6) is 0 Å². The second-order valence-electron chi connectivity index (χ2n) is 4.27. The topological polar surface area (TPSA) is 68.2 Å². The van der Waals surface area contributed by atoms with Gasteiger partial charge in [-0.25, -0.2) is 8.78 Å². The van der Waals surface area contributed by atoms with Gasteiger partial charge in [0.2, 0.25) is 0 Å². The minimum Gasteiger partial charge on any atom is -0.502 e. The molecule has 0 unspecified atom stereocenters. The number of methoxy groups -OCH3 is 1. The smallest absolute Gasteiger partial charge is 0.284 e. The Balaban J connectivity index is 3.01. The molecule has 0 spiro atoms. The lowest BCUT2D eigenvalue weighted by atomic mass is 10.3. The molecular formula is C12H18F2N4O2. The summed E-state index contributed by atoms with van der Waals surface area (Å²) in [4.78, 5) is 11.9. The number of rotatable bonds is 6. The van der Waals surface area contributed by atoms with Crippen molar-refractivity contribution in [1.29, 1.82) is 0 Å². The van der Waals surface area contributed by atoms with Gasteiger partial charge < -0.3 is 15.4 Å². The zero-order chi connectivity index (χ0) is 15.3. The highest BCUT2D eigenvalue weighted by Crippen LogP contribution is 2.27. The molecule has 0 atom stereocenters. The molecule has 0 aromatic carbocycles. The number of hydrogen-bond donors (Lipinski definition) is 2. The monoisotopic (exact) mass is 288 g/mol. The molecular weight excluding hydrogens is 270 g/mol. The number of nitrogens with one attached hydrogen (secondary N) is 2. The van der Waals surface area contributed by atoms with Crippen LogP contribution in [0.15, 0.2) is 18.2 Å². The van der Waals surface area contributed by atoms with E-state index in [9.17, 15) is 13.6 Å². The van der Waals surface area contributed by atoms with Crippen LogP contribution in [-0.4, -0.2) is 29.8 Å². The molecule has 2 N–H and O–H groups in total. The van der Waals surface area contributed by atoms with Gasteiger partial charge in [0, 0.05) is 19.3 Å². The molecule has 0 aliphatic heterocycles. The number of carbonyl (C=O) groups is 1. The molecule has 0 saturated carbocycles. The summed E-state index contributed by atoms with van der Waals surface area (Å²) in [7, 11) is 2.90. The van der Waals surface area contributed by atoms with E-state index in [1.165, 1.54) is 31.3 Å². The van der Waals surface area contributed by atoms with Crippen molar-refractivity contribution >= 4 is 11.6 Å². The molecule has 20 heavy (non-hydrogen) atoms. The van der Waals surface area contributed by atoms with Gasteiger partial charge in [-0.1, -0.05) is 0 Å². The highest BCUT2D eigenvalue weighted by Gasteiger charge is 2.21. The Morgan fingerprint density at radius 2 is 2.15 bits per heavy atom. The quantitative estimate of drug-likeness (QED) is 0.621. The number of nitrogens with zero attached hydrogens (tertiary/aromatic N) is 2. The van der Waals surface area contributed by atoms with Crippen molar-refractivity contribution in [2.24, 2.45) is 0 Å². The molecule has 1 rings (SSSR count). The predicted octanol–water partition coefficient (Wildman–Crippen LogP) is 2.05. The van der Waals surface area contributed by atoms with Crippen LogP contribution in [0.1, 0.15) is 32.0 Å². The fourth-order valence-electron chi connectivity index (χ4n) is 1.46. The maximum absolute atomic E-state index is 12.9. The van der Waals surface area contributed by atoms with E-state index in [4.69, 9.17) is 4.74 Å². The van der Waals surface area contributed by atoms with E-state index in [1.807, 2.05) is 0 Å². The highest BCUT2D eigenvalue weighted by molar-refractivity contribution is 6.03. The third-order valence-corrected chi connectivity index (χ3v) is 2.49. The van der Waals surface area contributed by atoms with Gasteiger partial charge in [-0.15, -0.1) is 0 Å².